The second kappa shape index (κ2) is 6.98. The number of morpholine rings is 1. The number of benzene rings is 1. The van der Waals surface area contributed by atoms with Gasteiger partial charge in [-0.1, -0.05) is 45.9 Å². The van der Waals surface area contributed by atoms with E-state index >= 15 is 0 Å². The third kappa shape index (κ3) is 3.80. The van der Waals surface area contributed by atoms with Crippen molar-refractivity contribution in [1.29, 1.82) is 0 Å². The highest BCUT2D eigenvalue weighted by Crippen LogP contribution is 2.33. The van der Waals surface area contributed by atoms with Crippen molar-refractivity contribution in [3.63, 3.8) is 0 Å². The van der Waals surface area contributed by atoms with Crippen LogP contribution in [0.1, 0.15) is 50.7 Å². The Morgan fingerprint density at radius 3 is 2.00 bits per heavy atom. The fourth-order valence-electron chi connectivity index (χ4n) is 2.65. The van der Waals surface area contributed by atoms with E-state index in [1.54, 1.807) is 0 Å². The molecule has 0 aromatic heterocycles. The maximum absolute atomic E-state index is 12.7. The predicted molar refractivity (Wildman–Crippen MR) is 89.6 cm³/mol. The summed E-state index contributed by atoms with van der Waals surface area (Å²) in [6.45, 7) is 10.00. The van der Waals surface area contributed by atoms with Gasteiger partial charge in [0.1, 0.15) is 0 Å². The molecule has 0 aliphatic carbocycles. The van der Waals surface area contributed by atoms with Gasteiger partial charge in [-0.05, 0) is 23.0 Å². The molecule has 1 aliphatic rings. The van der Waals surface area contributed by atoms with E-state index in [2.05, 4.69) is 32.4 Å². The molecule has 22 heavy (non-hydrogen) atoms. The number of nitrogens with one attached hydrogen (secondary N) is 1. The van der Waals surface area contributed by atoms with Crippen LogP contribution in [0, 0.1) is 0 Å². The monoisotopic (exact) mass is 326 g/mol. The maximum atomic E-state index is 12.7. The molecule has 1 fully saturated rings. The van der Waals surface area contributed by atoms with Crippen LogP contribution in [0.25, 0.3) is 0 Å². The van der Waals surface area contributed by atoms with Crippen LogP contribution in [0.4, 0.5) is 5.69 Å². The summed E-state index contributed by atoms with van der Waals surface area (Å²) in [6, 6.07) is 5.98. The van der Waals surface area contributed by atoms with Crippen molar-refractivity contribution in [3.05, 3.63) is 29.3 Å². The molecule has 0 radical (unpaired) electrons. The quantitative estimate of drug-likeness (QED) is 0.905. The van der Waals surface area contributed by atoms with Crippen molar-refractivity contribution < 1.29 is 13.2 Å². The summed E-state index contributed by atoms with van der Waals surface area (Å²) in [5.41, 5.74) is 2.80. The molecule has 2 rings (SSSR count). The summed E-state index contributed by atoms with van der Waals surface area (Å²) >= 11 is 0. The van der Waals surface area contributed by atoms with Crippen LogP contribution >= 0.6 is 0 Å². The summed E-state index contributed by atoms with van der Waals surface area (Å²) in [7, 11) is -3.55. The summed E-state index contributed by atoms with van der Waals surface area (Å²) < 4.78 is 34.8. The Labute approximate surface area is 133 Å². The molecule has 1 heterocycles. The average molecular weight is 326 g/mol. The molecule has 6 heteroatoms. The lowest BCUT2D eigenvalue weighted by Gasteiger charge is -2.28. The number of hydrogen-bond donors (Lipinski definition) is 1. The summed E-state index contributed by atoms with van der Waals surface area (Å²) in [5.74, 6) is 0.502. The molecule has 1 saturated heterocycles. The van der Waals surface area contributed by atoms with Crippen molar-refractivity contribution >= 4 is 15.9 Å². The van der Waals surface area contributed by atoms with Gasteiger partial charge >= 0.3 is 10.2 Å². The molecular formula is C16H26N2O3S. The van der Waals surface area contributed by atoms with E-state index in [4.69, 9.17) is 4.74 Å². The van der Waals surface area contributed by atoms with Gasteiger partial charge in [0.15, 0.2) is 0 Å². The lowest BCUT2D eigenvalue weighted by atomic mass is 9.93. The van der Waals surface area contributed by atoms with E-state index in [0.29, 0.717) is 26.3 Å². The zero-order valence-corrected chi connectivity index (χ0v) is 14.6. The number of hydrogen-bond acceptors (Lipinski definition) is 3. The Morgan fingerprint density at radius 1 is 1.05 bits per heavy atom. The molecule has 1 N–H and O–H groups in total. The van der Waals surface area contributed by atoms with Crippen LogP contribution in [0.3, 0.4) is 0 Å². The Kier molecular flexibility index (Phi) is 5.47. The molecule has 0 bridgehead atoms. The van der Waals surface area contributed by atoms with Crippen molar-refractivity contribution in [2.24, 2.45) is 0 Å². The van der Waals surface area contributed by atoms with E-state index < -0.39 is 10.2 Å². The Hall–Kier alpha value is -1.11. The molecule has 0 unspecified atom stereocenters. The van der Waals surface area contributed by atoms with E-state index in [9.17, 15) is 8.42 Å². The van der Waals surface area contributed by atoms with Gasteiger partial charge in [0, 0.05) is 13.1 Å². The maximum Gasteiger partial charge on any atom is 0.301 e. The van der Waals surface area contributed by atoms with Crippen LogP contribution in [-0.4, -0.2) is 39.0 Å². The van der Waals surface area contributed by atoms with Crippen LogP contribution in [0.15, 0.2) is 18.2 Å². The van der Waals surface area contributed by atoms with E-state index in [-0.39, 0.29) is 11.8 Å². The Morgan fingerprint density at radius 2 is 1.55 bits per heavy atom. The van der Waals surface area contributed by atoms with Crippen LogP contribution in [-0.2, 0) is 14.9 Å². The average Bonchev–Trinajstić information content (AvgIpc) is 2.47. The van der Waals surface area contributed by atoms with Gasteiger partial charge in [0.2, 0.25) is 0 Å². The van der Waals surface area contributed by atoms with E-state index in [1.165, 1.54) is 4.31 Å². The number of para-hydroxylation sites is 1. The number of rotatable bonds is 5. The second-order valence-electron chi connectivity index (χ2n) is 6.24. The molecule has 5 nitrogen and oxygen atoms in total. The van der Waals surface area contributed by atoms with Crippen molar-refractivity contribution in [2.45, 2.75) is 39.5 Å². The number of anilines is 1. The highest BCUT2D eigenvalue weighted by Gasteiger charge is 2.26. The Bertz CT molecular complexity index is 580. The first-order valence-electron chi connectivity index (χ1n) is 7.81. The van der Waals surface area contributed by atoms with Crippen LogP contribution < -0.4 is 4.72 Å². The van der Waals surface area contributed by atoms with Gasteiger partial charge in [0.25, 0.3) is 0 Å². The molecule has 0 atom stereocenters. The molecule has 1 aromatic rings. The highest BCUT2D eigenvalue weighted by atomic mass is 32.2. The second-order valence-corrected chi connectivity index (χ2v) is 7.91. The first-order chi connectivity index (χ1) is 10.3. The van der Waals surface area contributed by atoms with Crippen LogP contribution in [0.2, 0.25) is 0 Å². The van der Waals surface area contributed by atoms with Crippen LogP contribution in [0.5, 0.6) is 0 Å². The number of ether oxygens (including phenoxy) is 1. The summed E-state index contributed by atoms with van der Waals surface area (Å²) in [6.07, 6.45) is 0. The van der Waals surface area contributed by atoms with Gasteiger partial charge < -0.3 is 4.74 Å². The minimum atomic E-state index is -3.55. The Balaban J connectivity index is 2.38. The smallest absolute Gasteiger partial charge is 0.301 e. The topological polar surface area (TPSA) is 58.6 Å². The van der Waals surface area contributed by atoms with Gasteiger partial charge in [0.05, 0.1) is 18.9 Å². The molecule has 1 aliphatic heterocycles. The molecule has 0 spiro atoms. The van der Waals surface area contributed by atoms with E-state index in [1.807, 2.05) is 18.2 Å². The SMILES string of the molecule is CC(C)c1cccc(C(C)C)c1NS(=O)(=O)N1CCOCC1. The minimum absolute atomic E-state index is 0.251. The zero-order chi connectivity index (χ0) is 16.3. The molecule has 124 valence electrons. The first kappa shape index (κ1) is 17.2. The highest BCUT2D eigenvalue weighted by molar-refractivity contribution is 7.90. The van der Waals surface area contributed by atoms with Gasteiger partial charge in [-0.2, -0.15) is 12.7 Å². The lowest BCUT2D eigenvalue weighted by Crippen LogP contribution is -2.43. The van der Waals surface area contributed by atoms with Gasteiger partial charge in [-0.3, -0.25) is 4.72 Å². The number of nitrogens with zero attached hydrogens (tertiary/aromatic N) is 1. The molecule has 0 amide bonds. The van der Waals surface area contributed by atoms with Gasteiger partial charge in [-0.15, -0.1) is 0 Å². The third-order valence-electron chi connectivity index (χ3n) is 3.91. The first-order valence-corrected chi connectivity index (χ1v) is 9.25. The fraction of sp³-hybridized carbons (Fsp3) is 0.625. The molecular weight excluding hydrogens is 300 g/mol. The van der Waals surface area contributed by atoms with Gasteiger partial charge in [-0.25, -0.2) is 0 Å². The minimum Gasteiger partial charge on any atom is -0.379 e. The van der Waals surface area contributed by atoms with Crippen molar-refractivity contribution in [3.8, 4) is 0 Å². The summed E-state index contributed by atoms with van der Waals surface area (Å²) in [5, 5.41) is 0. The van der Waals surface area contributed by atoms with E-state index in [0.717, 1.165) is 16.8 Å². The summed E-state index contributed by atoms with van der Waals surface area (Å²) in [4.78, 5) is 0. The standard InChI is InChI=1S/C16H26N2O3S/c1-12(2)14-6-5-7-15(13(3)4)16(14)17-22(19,20)18-8-10-21-11-9-18/h5-7,12-13,17H,8-11H2,1-4H3. The zero-order valence-electron chi connectivity index (χ0n) is 13.8. The largest absolute Gasteiger partial charge is 0.379 e. The van der Waals surface area contributed by atoms with Crippen molar-refractivity contribution in [1.82, 2.24) is 4.31 Å². The lowest BCUT2D eigenvalue weighted by molar-refractivity contribution is 0.0733. The predicted octanol–water partition coefficient (Wildman–Crippen LogP) is 2.92. The fourth-order valence-corrected chi connectivity index (χ4v) is 3.90. The molecule has 1 aromatic carbocycles. The van der Waals surface area contributed by atoms with Crippen molar-refractivity contribution in [2.75, 3.05) is 31.0 Å². The third-order valence-corrected chi connectivity index (χ3v) is 5.42. The molecule has 0 saturated carbocycles. The normalized spacial score (nSPS) is 17.2.